The van der Waals surface area contributed by atoms with Crippen LogP contribution < -0.4 is 0 Å². The fourth-order valence-corrected chi connectivity index (χ4v) is 2.54. The first kappa shape index (κ1) is 14.3. The molecule has 0 unspecified atom stereocenters. The smallest absolute Gasteiger partial charge is 0.354 e. The maximum absolute atomic E-state index is 11.8. The number of nitrogens with one attached hydrogen (secondary N) is 1. The maximum Gasteiger partial charge on any atom is 0.354 e. The van der Waals surface area contributed by atoms with Crippen molar-refractivity contribution in [2.45, 2.75) is 19.8 Å². The molecule has 0 saturated carbocycles. The van der Waals surface area contributed by atoms with E-state index in [9.17, 15) is 4.79 Å². The van der Waals surface area contributed by atoms with E-state index in [1.807, 2.05) is 30.3 Å². The molecule has 2 aromatic heterocycles. The topological polar surface area (TPSA) is 55.0 Å². The number of esters is 1. The number of carbonyl (C=O) groups excluding carboxylic acids is 1. The number of H-pyrrole nitrogens is 1. The van der Waals surface area contributed by atoms with E-state index in [4.69, 9.17) is 4.74 Å². The number of hydrogen-bond donors (Lipinski definition) is 1. The Labute approximate surface area is 129 Å². The second-order valence-corrected chi connectivity index (χ2v) is 5.12. The fraction of sp³-hybridized carbons (Fsp3) is 0.222. The minimum atomic E-state index is -0.338. The first-order valence-corrected chi connectivity index (χ1v) is 7.45. The molecule has 2 heterocycles. The standard InChI is InChI=1S/C18H18N2O2/c1-2-22-18(21)16-12-15-14(10-11-19-17(15)20-16)9-8-13-6-4-3-5-7-13/h3-7,10-12H,2,8-9H2,1H3,(H,19,20). The van der Waals surface area contributed by atoms with Crippen molar-refractivity contribution in [2.75, 3.05) is 6.61 Å². The van der Waals surface area contributed by atoms with Crippen LogP contribution in [0.25, 0.3) is 11.0 Å². The molecule has 0 saturated heterocycles. The minimum absolute atomic E-state index is 0.338. The molecule has 0 aliphatic rings. The van der Waals surface area contributed by atoms with Gasteiger partial charge in [-0.25, -0.2) is 9.78 Å². The van der Waals surface area contributed by atoms with Gasteiger partial charge in [0, 0.05) is 11.6 Å². The summed E-state index contributed by atoms with van der Waals surface area (Å²) >= 11 is 0. The van der Waals surface area contributed by atoms with Gasteiger partial charge in [0.2, 0.25) is 0 Å². The lowest BCUT2D eigenvalue weighted by molar-refractivity contribution is 0.0520. The van der Waals surface area contributed by atoms with Crippen LogP contribution in [0.2, 0.25) is 0 Å². The molecule has 3 rings (SSSR count). The number of nitrogens with zero attached hydrogens (tertiary/aromatic N) is 1. The average Bonchev–Trinajstić information content (AvgIpc) is 2.99. The zero-order valence-electron chi connectivity index (χ0n) is 12.5. The largest absolute Gasteiger partial charge is 0.461 e. The fourth-order valence-electron chi connectivity index (χ4n) is 2.54. The van der Waals surface area contributed by atoms with Gasteiger partial charge in [-0.05, 0) is 43.0 Å². The average molecular weight is 294 g/mol. The molecule has 0 spiro atoms. The Balaban J connectivity index is 1.85. The monoisotopic (exact) mass is 294 g/mol. The van der Waals surface area contributed by atoms with E-state index in [1.54, 1.807) is 13.1 Å². The second-order valence-electron chi connectivity index (χ2n) is 5.12. The highest BCUT2D eigenvalue weighted by molar-refractivity contribution is 5.94. The molecule has 0 bridgehead atoms. The van der Waals surface area contributed by atoms with E-state index in [0.717, 1.165) is 23.9 Å². The van der Waals surface area contributed by atoms with Crippen LogP contribution in [0.5, 0.6) is 0 Å². The van der Waals surface area contributed by atoms with E-state index >= 15 is 0 Å². The lowest BCUT2D eigenvalue weighted by Crippen LogP contribution is -2.04. The number of carbonyl (C=O) groups is 1. The Morgan fingerprint density at radius 1 is 1.18 bits per heavy atom. The summed E-state index contributed by atoms with van der Waals surface area (Å²) < 4.78 is 5.03. The van der Waals surface area contributed by atoms with E-state index in [1.165, 1.54) is 11.1 Å². The van der Waals surface area contributed by atoms with Crippen molar-refractivity contribution in [2.24, 2.45) is 0 Å². The van der Waals surface area contributed by atoms with Gasteiger partial charge in [-0.2, -0.15) is 0 Å². The molecule has 0 amide bonds. The van der Waals surface area contributed by atoms with Crippen molar-refractivity contribution in [1.82, 2.24) is 9.97 Å². The summed E-state index contributed by atoms with van der Waals surface area (Å²) in [4.78, 5) is 19.2. The summed E-state index contributed by atoms with van der Waals surface area (Å²) in [5.74, 6) is -0.338. The number of rotatable bonds is 5. The molecule has 0 aliphatic heterocycles. The van der Waals surface area contributed by atoms with Crippen molar-refractivity contribution >= 4 is 17.0 Å². The number of benzene rings is 1. The number of ether oxygens (including phenoxy) is 1. The third-order valence-electron chi connectivity index (χ3n) is 3.64. The van der Waals surface area contributed by atoms with Crippen LogP contribution in [0, 0.1) is 0 Å². The molecule has 1 N–H and O–H groups in total. The number of aryl methyl sites for hydroxylation is 2. The van der Waals surface area contributed by atoms with Crippen LogP contribution in [-0.4, -0.2) is 22.5 Å². The second kappa shape index (κ2) is 6.43. The maximum atomic E-state index is 11.8. The van der Waals surface area contributed by atoms with E-state index in [0.29, 0.717) is 12.3 Å². The Kier molecular flexibility index (Phi) is 4.19. The first-order valence-electron chi connectivity index (χ1n) is 7.45. The molecule has 4 heteroatoms. The van der Waals surface area contributed by atoms with E-state index < -0.39 is 0 Å². The third-order valence-corrected chi connectivity index (χ3v) is 3.64. The molecule has 4 nitrogen and oxygen atoms in total. The highest BCUT2D eigenvalue weighted by Gasteiger charge is 2.13. The molecule has 1 aromatic carbocycles. The molecule has 3 aromatic rings. The SMILES string of the molecule is CCOC(=O)c1cc2c(CCc3ccccc3)ccnc2[nH]1. The Hall–Kier alpha value is -2.62. The Bertz CT molecular complexity index is 778. The van der Waals surface area contributed by atoms with Crippen LogP contribution in [0.3, 0.4) is 0 Å². The quantitative estimate of drug-likeness (QED) is 0.732. The number of aromatic nitrogens is 2. The minimum Gasteiger partial charge on any atom is -0.461 e. The van der Waals surface area contributed by atoms with Gasteiger partial charge in [0.05, 0.1) is 6.61 Å². The van der Waals surface area contributed by atoms with Gasteiger partial charge in [-0.1, -0.05) is 30.3 Å². The molecule has 22 heavy (non-hydrogen) atoms. The highest BCUT2D eigenvalue weighted by Crippen LogP contribution is 2.20. The summed E-state index contributed by atoms with van der Waals surface area (Å²) in [6.07, 6.45) is 3.64. The van der Waals surface area contributed by atoms with E-state index in [2.05, 4.69) is 22.1 Å². The predicted molar refractivity (Wildman–Crippen MR) is 85.9 cm³/mol. The molecule has 0 aliphatic carbocycles. The van der Waals surface area contributed by atoms with Crippen molar-refractivity contribution in [3.63, 3.8) is 0 Å². The Morgan fingerprint density at radius 3 is 2.77 bits per heavy atom. The van der Waals surface area contributed by atoms with E-state index in [-0.39, 0.29) is 5.97 Å². The zero-order valence-corrected chi connectivity index (χ0v) is 12.5. The van der Waals surface area contributed by atoms with Gasteiger partial charge in [0.15, 0.2) is 0 Å². The number of aromatic amines is 1. The Morgan fingerprint density at radius 2 is 2.00 bits per heavy atom. The zero-order chi connectivity index (χ0) is 15.4. The van der Waals surface area contributed by atoms with Gasteiger partial charge in [-0.3, -0.25) is 0 Å². The predicted octanol–water partition coefficient (Wildman–Crippen LogP) is 3.52. The summed E-state index contributed by atoms with van der Waals surface area (Å²) in [6, 6.07) is 14.2. The highest BCUT2D eigenvalue weighted by atomic mass is 16.5. The molecule has 112 valence electrons. The normalized spacial score (nSPS) is 10.8. The lowest BCUT2D eigenvalue weighted by atomic mass is 10.0. The third kappa shape index (κ3) is 3.01. The molecule has 0 fully saturated rings. The van der Waals surface area contributed by atoms with Crippen molar-refractivity contribution in [1.29, 1.82) is 0 Å². The van der Waals surface area contributed by atoms with Gasteiger partial charge >= 0.3 is 5.97 Å². The van der Waals surface area contributed by atoms with Gasteiger partial charge in [0.1, 0.15) is 11.3 Å². The summed E-state index contributed by atoms with van der Waals surface area (Å²) in [6.45, 7) is 2.16. The van der Waals surface area contributed by atoms with Crippen LogP contribution in [0.1, 0.15) is 28.5 Å². The first-order chi connectivity index (χ1) is 10.8. The summed E-state index contributed by atoms with van der Waals surface area (Å²) in [5, 5.41) is 0.987. The molecular formula is C18H18N2O2. The van der Waals surface area contributed by atoms with Crippen LogP contribution in [0.15, 0.2) is 48.7 Å². The van der Waals surface area contributed by atoms with Crippen molar-refractivity contribution in [3.8, 4) is 0 Å². The summed E-state index contributed by atoms with van der Waals surface area (Å²) in [5.41, 5.74) is 3.67. The number of pyridine rings is 1. The van der Waals surface area contributed by atoms with Crippen molar-refractivity contribution < 1.29 is 9.53 Å². The van der Waals surface area contributed by atoms with Crippen LogP contribution >= 0.6 is 0 Å². The van der Waals surface area contributed by atoms with Crippen molar-refractivity contribution in [3.05, 3.63) is 65.5 Å². The van der Waals surface area contributed by atoms with Gasteiger partial charge < -0.3 is 9.72 Å². The molecule has 0 atom stereocenters. The van der Waals surface area contributed by atoms with Gasteiger partial charge in [0.25, 0.3) is 0 Å². The number of hydrogen-bond acceptors (Lipinski definition) is 3. The van der Waals surface area contributed by atoms with Crippen LogP contribution in [-0.2, 0) is 17.6 Å². The molecule has 0 radical (unpaired) electrons. The number of fused-ring (bicyclic) bond motifs is 1. The van der Waals surface area contributed by atoms with Gasteiger partial charge in [-0.15, -0.1) is 0 Å². The lowest BCUT2D eigenvalue weighted by Gasteiger charge is -2.03. The summed E-state index contributed by atoms with van der Waals surface area (Å²) in [7, 11) is 0. The molecular weight excluding hydrogens is 276 g/mol. The van der Waals surface area contributed by atoms with Crippen LogP contribution in [0.4, 0.5) is 0 Å².